The number of ether oxygens (including phenoxy) is 6. The van der Waals surface area contributed by atoms with Crippen LogP contribution in [-0.4, -0.2) is 160 Å². The number of nitrogens with one attached hydrogen (secondary N) is 9. The third-order valence-electron chi connectivity index (χ3n) is 24.7. The average Bonchev–Trinajstić information content (AvgIpc) is 1.75. The molecule has 0 radical (unpaired) electrons. The number of aromatic nitrogens is 24. The molecule has 0 saturated carbocycles. The predicted molar refractivity (Wildman–Crippen MR) is 564 cm³/mol. The molecule has 0 amide bonds. The Hall–Kier alpha value is -16.7. The van der Waals surface area contributed by atoms with Crippen LogP contribution in [0, 0.1) is 0 Å². The molecule has 37 nitrogen and oxygen atoms in total. The van der Waals surface area contributed by atoms with Crippen LogP contribution in [0.2, 0.25) is 0 Å². The number of hydrogen-bond acceptors (Lipinski definition) is 35. The maximum atomic E-state index is 5.23. The van der Waals surface area contributed by atoms with Crippen LogP contribution >= 0.6 is 45.3 Å². The molecule has 742 valence electrons. The van der Waals surface area contributed by atoms with Crippen molar-refractivity contribution in [3.8, 4) is 34.5 Å². The van der Waals surface area contributed by atoms with E-state index in [0.717, 1.165) is 200 Å². The van der Waals surface area contributed by atoms with Crippen molar-refractivity contribution < 1.29 is 46.1 Å². The van der Waals surface area contributed by atoms with E-state index in [1.165, 1.54) is 171 Å². The number of thiazole rings is 4. The molecule has 0 bridgehead atoms. The van der Waals surface area contributed by atoms with E-state index in [1.54, 1.807) is 109 Å². The quantitative estimate of drug-likeness (QED) is 0.0681. The van der Waals surface area contributed by atoms with E-state index in [9.17, 15) is 0 Å². The van der Waals surface area contributed by atoms with Crippen LogP contribution < -0.4 is 44.4 Å². The zero-order valence-corrected chi connectivity index (χ0v) is 82.8. The Bertz CT molecular complexity index is 7370. The van der Waals surface area contributed by atoms with Crippen molar-refractivity contribution in [2.24, 2.45) is 0 Å². The molecule has 0 spiro atoms. The molecule has 0 fully saturated rings. The van der Waals surface area contributed by atoms with E-state index in [-0.39, 0.29) is 6.79 Å². The third kappa shape index (κ3) is 24.4. The summed E-state index contributed by atoms with van der Waals surface area (Å²) in [5, 5.41) is 17.1. The van der Waals surface area contributed by atoms with Gasteiger partial charge in [0.25, 0.3) is 0 Å². The summed E-state index contributed by atoms with van der Waals surface area (Å²) in [5.41, 5.74) is 30.1. The Balaban J connectivity index is 0.0000000931. The molecule has 25 aromatic rings. The molecule has 3 aliphatic carbocycles. The minimum Gasteiger partial charge on any atom is -0.454 e. The van der Waals surface area contributed by atoms with E-state index >= 15 is 0 Å². The first-order valence-corrected chi connectivity index (χ1v) is 51.6. The number of fused-ring (bicyclic) bond motifs is 23. The fourth-order valence-electron chi connectivity index (χ4n) is 17.2. The lowest BCUT2D eigenvalue weighted by molar-refractivity contribution is 0.173. The SMILES string of the molecule is c1ccc2c(c1)ccc1[nH]cnc12.c1ccc2c(c1)ccc1ocnc12.c1ccc2c(c1)ccc1scnc12.c1cnc2[nH]cnc2n1.c1nc2c([nH]1)CCCC2.c1nc2c([nH]1)CNCC2.c1nc2c(o1)CCCC2.c1nc2c(o1)CNCC2.c1nc2c(s1)CCCC2.c1nc2c(s1)CNCC2.c1nc2cc3c(cc2[nH]1)OCO3.c1nc2cc3c(cc2o1)OCO3.c1nc2cc3c(cc2s1)OCO3.c1ncc2[nH]cnc2n1. The number of aromatic amines is 6. The number of imidazole rings is 6. The highest BCUT2D eigenvalue weighted by Crippen LogP contribution is 2.40. The Morgan fingerprint density at radius 1 is 0.286 bits per heavy atom. The van der Waals surface area contributed by atoms with Crippen molar-refractivity contribution in [1.82, 2.24) is 136 Å². The van der Waals surface area contributed by atoms with Crippen LogP contribution in [0.4, 0.5) is 0 Å². The van der Waals surface area contributed by atoms with Gasteiger partial charge in [0.1, 0.15) is 34.4 Å². The van der Waals surface area contributed by atoms with E-state index in [2.05, 4.69) is 208 Å². The molecule has 9 aliphatic rings. The molecule has 22 heterocycles. The molecule has 34 rings (SSSR count). The molecule has 0 atom stereocenters. The van der Waals surface area contributed by atoms with Crippen molar-refractivity contribution >= 4 is 165 Å². The molecular formula is C106H99N27O10S4. The Kier molecular flexibility index (Phi) is 31.6. The van der Waals surface area contributed by atoms with Crippen LogP contribution in [-0.2, 0) is 77.4 Å². The number of nitrogens with zero attached hydrogens (tertiary/aromatic N) is 18. The van der Waals surface area contributed by atoms with Crippen LogP contribution in [0.5, 0.6) is 34.5 Å². The van der Waals surface area contributed by atoms with Gasteiger partial charge in [-0.25, -0.2) is 89.7 Å². The van der Waals surface area contributed by atoms with Gasteiger partial charge in [-0.05, 0) is 105 Å². The maximum Gasteiger partial charge on any atom is 0.231 e. The number of rotatable bonds is 0. The summed E-state index contributed by atoms with van der Waals surface area (Å²) in [5.74, 6) is 6.75. The Morgan fingerprint density at radius 3 is 1.57 bits per heavy atom. The second kappa shape index (κ2) is 48.1. The molecular weight excluding hydrogens is 1940 g/mol. The zero-order chi connectivity index (χ0) is 98.8. The van der Waals surface area contributed by atoms with Gasteiger partial charge in [0, 0.05) is 139 Å². The van der Waals surface area contributed by atoms with Crippen LogP contribution in [0.3, 0.4) is 0 Å². The monoisotopic (exact) mass is 2040 g/mol. The zero-order valence-electron chi connectivity index (χ0n) is 79.5. The topological polar surface area (TPSA) is 471 Å². The fraction of sp³-hybridized carbons (Fsp3) is 0.226. The number of H-pyrrole nitrogens is 6. The van der Waals surface area contributed by atoms with Crippen LogP contribution in [0.25, 0.3) is 119 Å². The molecule has 0 unspecified atom stereocenters. The summed E-state index contributed by atoms with van der Waals surface area (Å²) in [6, 6.07) is 48.5. The Morgan fingerprint density at radius 2 is 0.823 bits per heavy atom. The lowest BCUT2D eigenvalue weighted by Crippen LogP contribution is -2.23. The molecule has 9 aromatic carbocycles. The van der Waals surface area contributed by atoms with Crippen molar-refractivity contribution in [2.75, 3.05) is 40.0 Å². The van der Waals surface area contributed by atoms with Gasteiger partial charge < -0.3 is 91.9 Å². The van der Waals surface area contributed by atoms with Crippen LogP contribution in [0.1, 0.15) is 105 Å². The van der Waals surface area contributed by atoms with Gasteiger partial charge in [0.2, 0.25) is 20.4 Å². The lowest BCUT2D eigenvalue weighted by Gasteiger charge is -2.09. The normalized spacial score (nSPS) is 14.0. The van der Waals surface area contributed by atoms with E-state index in [4.69, 9.17) is 46.1 Å². The second-order valence-electron chi connectivity index (χ2n) is 34.0. The van der Waals surface area contributed by atoms with Gasteiger partial charge in [-0.3, -0.25) is 0 Å². The fourth-order valence-corrected chi connectivity index (χ4v) is 20.3. The molecule has 6 aliphatic heterocycles. The number of oxazole rings is 4. The largest absolute Gasteiger partial charge is 0.454 e. The van der Waals surface area contributed by atoms with Crippen molar-refractivity contribution in [3.05, 3.63) is 323 Å². The summed E-state index contributed by atoms with van der Waals surface area (Å²) in [6.45, 7) is 6.93. The smallest absolute Gasteiger partial charge is 0.231 e. The third-order valence-corrected chi connectivity index (χ3v) is 28.1. The summed E-state index contributed by atoms with van der Waals surface area (Å²) in [6.07, 6.45) is 40.7. The Labute approximate surface area is 854 Å². The highest BCUT2D eigenvalue weighted by molar-refractivity contribution is 7.17. The molecule has 147 heavy (non-hydrogen) atoms. The standard InChI is InChI=1S/C11H8N2.C11H7NO.C11H7NS.C8H6N2O2.C8H5NO3.C8H5NO2S.C7H10N2.C7H9NO.C7H9NS.C6H9N3.C6H8N2O.C6H8N2S.2C5H4N4/c1-2-4-9-8(3-1)5-6-10-11(9)13-7-12-10;2*1-2-4-9-8(3-1)5-6-10-11(9)12-7-13-10;2*1-5-6(10-3-9-5)2-8-7(1)11-4-12-8;1-5-8(12-3-9-5)2-7-6(1)10-4-11-7;3*1-2-4-7-6(3-1)8-5-9-7;3*1-2-7-3-6-5(1)8-4-9-6;1-4-5(8-2-6-1)9-3-7-4;1-2-7-5-4(6-1)8-3-9-5/h1-7H,(H,12,13);2*1-7H;1-3H,4H2,(H,9,10);2*1-3H,4H2;5H,1-4H2,(H,8,9);2*5H,1-4H2;4,7H,1-3H2,(H,8,9);2*4,7H,1-3H2;2*1-3H,(H,6,7,8,9). The van der Waals surface area contributed by atoms with Gasteiger partial charge in [-0.15, -0.1) is 45.3 Å². The number of hydrogen-bond donors (Lipinski definition) is 9. The van der Waals surface area contributed by atoms with Gasteiger partial charge in [0.15, 0.2) is 88.2 Å². The highest BCUT2D eigenvalue weighted by atomic mass is 32.1. The van der Waals surface area contributed by atoms with Gasteiger partial charge in [0.05, 0.1) is 155 Å². The first kappa shape index (κ1) is 96.4. The second-order valence-corrected chi connectivity index (χ2v) is 37.6. The highest BCUT2D eigenvalue weighted by Gasteiger charge is 2.21. The van der Waals surface area contributed by atoms with E-state index in [0.29, 0.717) is 24.9 Å². The van der Waals surface area contributed by atoms with Gasteiger partial charge in [-0.2, -0.15) is 0 Å². The summed E-state index contributed by atoms with van der Waals surface area (Å²) in [7, 11) is 0. The average molecular weight is 2040 g/mol. The molecule has 9 N–H and O–H groups in total. The van der Waals surface area contributed by atoms with E-state index in [1.807, 2.05) is 94.0 Å². The molecule has 41 heteroatoms. The maximum absolute atomic E-state index is 5.23. The predicted octanol–water partition coefficient (Wildman–Crippen LogP) is 20.8. The van der Waals surface area contributed by atoms with Gasteiger partial charge in [-0.1, -0.05) is 91.0 Å². The van der Waals surface area contributed by atoms with Crippen molar-refractivity contribution in [1.29, 1.82) is 0 Å². The number of aryl methyl sites for hydroxylation is 6. The summed E-state index contributed by atoms with van der Waals surface area (Å²) in [4.78, 5) is 94.5. The van der Waals surface area contributed by atoms with E-state index < -0.39 is 0 Å². The minimum atomic E-state index is 0.280. The molecule has 16 aromatic heterocycles. The van der Waals surface area contributed by atoms with Crippen molar-refractivity contribution in [2.45, 2.75) is 116 Å². The lowest BCUT2D eigenvalue weighted by atomic mass is 10.0. The summed E-state index contributed by atoms with van der Waals surface area (Å²) >= 11 is 6.86. The molecule has 0 saturated heterocycles. The first-order chi connectivity index (χ1) is 72.9. The first-order valence-electron chi connectivity index (χ1n) is 48.1. The number of benzene rings is 9. The van der Waals surface area contributed by atoms with Crippen molar-refractivity contribution in [3.63, 3.8) is 0 Å². The van der Waals surface area contributed by atoms with Gasteiger partial charge >= 0.3 is 0 Å². The summed E-state index contributed by atoms with van der Waals surface area (Å²) < 4.78 is 54.1. The van der Waals surface area contributed by atoms with Crippen LogP contribution in [0.15, 0.2) is 274 Å². The minimum absolute atomic E-state index is 0.280.